The third-order valence-corrected chi connectivity index (χ3v) is 4.75. The Labute approximate surface area is 169 Å². The number of aromatic nitrogens is 4. The van der Waals surface area contributed by atoms with Crippen LogP contribution in [0.3, 0.4) is 0 Å². The lowest BCUT2D eigenvalue weighted by Gasteiger charge is -2.19. The first-order valence-electron chi connectivity index (χ1n) is 9.34. The van der Waals surface area contributed by atoms with E-state index >= 15 is 0 Å². The molecule has 2 aromatic heterocycles. The van der Waals surface area contributed by atoms with E-state index in [1.807, 2.05) is 47.7 Å². The average molecular weight is 394 g/mol. The van der Waals surface area contributed by atoms with Crippen LogP contribution in [0, 0.1) is 19.3 Å². The summed E-state index contributed by atoms with van der Waals surface area (Å²) in [6, 6.07) is 7.06. The zero-order chi connectivity index (χ0) is 21.3. The van der Waals surface area contributed by atoms with E-state index in [0.717, 1.165) is 22.5 Å². The first-order chi connectivity index (χ1) is 13.6. The standard InChI is InChI=1S/C21H26N6O2/c1-12-9-14(7-8-16(12)24-20(29)21(3,4)5)23-19(28)18-10-17(25-26-18)15-11-22-27(6)13(15)2/h7-11H,1-6H3,(H,23,28)(H,24,29)(H,25,26). The minimum Gasteiger partial charge on any atom is -0.325 e. The second-order valence-corrected chi connectivity index (χ2v) is 8.12. The van der Waals surface area contributed by atoms with Gasteiger partial charge in [0.1, 0.15) is 5.69 Å². The Bertz CT molecular complexity index is 1070. The Morgan fingerprint density at radius 3 is 2.41 bits per heavy atom. The average Bonchev–Trinajstić information content (AvgIpc) is 3.24. The number of rotatable bonds is 4. The number of amides is 2. The molecule has 3 aromatic rings. The van der Waals surface area contributed by atoms with Crippen molar-refractivity contribution in [1.29, 1.82) is 0 Å². The zero-order valence-electron chi connectivity index (χ0n) is 17.5. The molecule has 2 amide bonds. The molecule has 0 aliphatic rings. The summed E-state index contributed by atoms with van der Waals surface area (Å²) in [7, 11) is 1.86. The van der Waals surface area contributed by atoms with Crippen molar-refractivity contribution in [1.82, 2.24) is 20.0 Å². The van der Waals surface area contributed by atoms with Crippen LogP contribution >= 0.6 is 0 Å². The number of aromatic amines is 1. The van der Waals surface area contributed by atoms with Crippen molar-refractivity contribution in [3.05, 3.63) is 47.4 Å². The molecule has 1 aromatic carbocycles. The van der Waals surface area contributed by atoms with Gasteiger partial charge in [-0.15, -0.1) is 0 Å². The van der Waals surface area contributed by atoms with Gasteiger partial charge in [-0.05, 0) is 43.7 Å². The van der Waals surface area contributed by atoms with Crippen molar-refractivity contribution in [3.8, 4) is 11.3 Å². The molecule has 29 heavy (non-hydrogen) atoms. The van der Waals surface area contributed by atoms with Gasteiger partial charge in [0.15, 0.2) is 0 Å². The van der Waals surface area contributed by atoms with Crippen LogP contribution in [0.25, 0.3) is 11.3 Å². The van der Waals surface area contributed by atoms with Crippen molar-refractivity contribution in [3.63, 3.8) is 0 Å². The summed E-state index contributed by atoms with van der Waals surface area (Å²) < 4.78 is 1.76. The molecular weight excluding hydrogens is 368 g/mol. The van der Waals surface area contributed by atoms with Crippen LogP contribution in [0.5, 0.6) is 0 Å². The SMILES string of the molecule is Cc1cc(NC(=O)c2cc(-c3cnn(C)c3C)n[nH]2)ccc1NC(=O)C(C)(C)C. The van der Waals surface area contributed by atoms with Gasteiger partial charge in [0, 0.05) is 35.1 Å². The summed E-state index contributed by atoms with van der Waals surface area (Å²) >= 11 is 0. The topological polar surface area (TPSA) is 105 Å². The van der Waals surface area contributed by atoms with Crippen LogP contribution in [-0.2, 0) is 11.8 Å². The van der Waals surface area contributed by atoms with Crippen molar-refractivity contribution in [2.45, 2.75) is 34.6 Å². The first kappa shape index (κ1) is 20.3. The number of hydrogen-bond donors (Lipinski definition) is 3. The number of nitrogens with one attached hydrogen (secondary N) is 3. The van der Waals surface area contributed by atoms with E-state index in [4.69, 9.17) is 0 Å². The second kappa shape index (κ2) is 7.54. The summed E-state index contributed by atoms with van der Waals surface area (Å²) in [5.74, 6) is -0.357. The van der Waals surface area contributed by atoms with Crippen LogP contribution in [0.2, 0.25) is 0 Å². The van der Waals surface area contributed by atoms with E-state index in [0.29, 0.717) is 17.1 Å². The van der Waals surface area contributed by atoms with Gasteiger partial charge >= 0.3 is 0 Å². The second-order valence-electron chi connectivity index (χ2n) is 8.12. The normalized spacial score (nSPS) is 11.4. The fourth-order valence-electron chi connectivity index (χ4n) is 2.72. The maximum absolute atomic E-state index is 12.6. The van der Waals surface area contributed by atoms with Gasteiger partial charge < -0.3 is 10.6 Å². The molecule has 2 heterocycles. The molecule has 0 atom stereocenters. The number of aryl methyl sites for hydroxylation is 2. The van der Waals surface area contributed by atoms with Gasteiger partial charge in [-0.3, -0.25) is 19.4 Å². The number of benzene rings is 1. The lowest BCUT2D eigenvalue weighted by Crippen LogP contribution is -2.27. The minimum absolute atomic E-state index is 0.0620. The highest BCUT2D eigenvalue weighted by Crippen LogP contribution is 2.24. The Balaban J connectivity index is 1.72. The first-order valence-corrected chi connectivity index (χ1v) is 9.34. The molecule has 0 saturated carbocycles. The fraction of sp³-hybridized carbons (Fsp3) is 0.333. The summed E-state index contributed by atoms with van der Waals surface area (Å²) in [4.78, 5) is 24.8. The quantitative estimate of drug-likeness (QED) is 0.628. The number of carbonyl (C=O) groups excluding carboxylic acids is 2. The third-order valence-electron chi connectivity index (χ3n) is 4.75. The lowest BCUT2D eigenvalue weighted by atomic mass is 9.95. The molecular formula is C21H26N6O2. The van der Waals surface area contributed by atoms with Gasteiger partial charge in [-0.25, -0.2) is 0 Å². The minimum atomic E-state index is -0.482. The van der Waals surface area contributed by atoms with Crippen molar-refractivity contribution in [2.24, 2.45) is 12.5 Å². The largest absolute Gasteiger partial charge is 0.325 e. The summed E-state index contributed by atoms with van der Waals surface area (Å²) in [5.41, 5.74) is 4.59. The van der Waals surface area contributed by atoms with E-state index in [-0.39, 0.29) is 11.8 Å². The zero-order valence-corrected chi connectivity index (χ0v) is 17.5. The van der Waals surface area contributed by atoms with Crippen molar-refractivity contribution in [2.75, 3.05) is 10.6 Å². The molecule has 0 radical (unpaired) electrons. The molecule has 0 aliphatic heterocycles. The Morgan fingerprint density at radius 1 is 1.10 bits per heavy atom. The summed E-state index contributed by atoms with van der Waals surface area (Å²) in [6.45, 7) is 9.40. The van der Waals surface area contributed by atoms with Gasteiger partial charge in [-0.1, -0.05) is 20.8 Å². The molecule has 3 N–H and O–H groups in total. The molecule has 0 fully saturated rings. The highest BCUT2D eigenvalue weighted by atomic mass is 16.2. The summed E-state index contributed by atoms with van der Waals surface area (Å²) in [5, 5.41) is 17.0. The van der Waals surface area contributed by atoms with E-state index in [2.05, 4.69) is 25.9 Å². The van der Waals surface area contributed by atoms with E-state index in [1.165, 1.54) is 0 Å². The number of nitrogens with zero attached hydrogens (tertiary/aromatic N) is 3. The van der Waals surface area contributed by atoms with Crippen LogP contribution in [0.15, 0.2) is 30.5 Å². The molecule has 8 heteroatoms. The number of anilines is 2. The number of H-pyrrole nitrogens is 1. The lowest BCUT2D eigenvalue weighted by molar-refractivity contribution is -0.123. The molecule has 0 unspecified atom stereocenters. The molecule has 0 aliphatic carbocycles. The molecule has 0 saturated heterocycles. The van der Waals surface area contributed by atoms with E-state index in [9.17, 15) is 9.59 Å². The third kappa shape index (κ3) is 4.37. The van der Waals surface area contributed by atoms with Crippen LogP contribution in [0.1, 0.15) is 42.5 Å². The van der Waals surface area contributed by atoms with Gasteiger partial charge in [0.05, 0.1) is 11.9 Å². The predicted molar refractivity (Wildman–Crippen MR) is 113 cm³/mol. The Kier molecular flexibility index (Phi) is 5.28. The van der Waals surface area contributed by atoms with Crippen LogP contribution in [0.4, 0.5) is 11.4 Å². The summed E-state index contributed by atoms with van der Waals surface area (Å²) in [6.07, 6.45) is 1.72. The molecule has 152 valence electrons. The van der Waals surface area contributed by atoms with Gasteiger partial charge in [0.2, 0.25) is 5.91 Å². The predicted octanol–water partition coefficient (Wildman–Crippen LogP) is 3.66. The highest BCUT2D eigenvalue weighted by molar-refractivity contribution is 6.04. The Hall–Kier alpha value is -3.42. The maximum atomic E-state index is 12.6. The maximum Gasteiger partial charge on any atom is 0.273 e. The Morgan fingerprint density at radius 2 is 1.83 bits per heavy atom. The van der Waals surface area contributed by atoms with Crippen LogP contribution < -0.4 is 10.6 Å². The van der Waals surface area contributed by atoms with E-state index < -0.39 is 5.41 Å². The van der Waals surface area contributed by atoms with Crippen LogP contribution in [-0.4, -0.2) is 31.8 Å². The molecule has 0 bridgehead atoms. The van der Waals surface area contributed by atoms with Gasteiger partial charge in [0.25, 0.3) is 5.91 Å². The highest BCUT2D eigenvalue weighted by Gasteiger charge is 2.22. The molecule has 8 nitrogen and oxygen atoms in total. The van der Waals surface area contributed by atoms with E-state index in [1.54, 1.807) is 29.1 Å². The van der Waals surface area contributed by atoms with Crippen molar-refractivity contribution < 1.29 is 9.59 Å². The van der Waals surface area contributed by atoms with Gasteiger partial charge in [-0.2, -0.15) is 10.2 Å². The fourth-order valence-corrected chi connectivity index (χ4v) is 2.72. The number of hydrogen-bond acceptors (Lipinski definition) is 4. The van der Waals surface area contributed by atoms with Crippen molar-refractivity contribution >= 4 is 23.2 Å². The number of carbonyl (C=O) groups is 2. The smallest absolute Gasteiger partial charge is 0.273 e. The molecule has 0 spiro atoms. The monoisotopic (exact) mass is 394 g/mol. The molecule has 3 rings (SSSR count).